The summed E-state index contributed by atoms with van der Waals surface area (Å²) >= 11 is 5.43. The number of aromatic nitrogens is 3. The van der Waals surface area contributed by atoms with E-state index in [0.29, 0.717) is 4.77 Å². The van der Waals surface area contributed by atoms with Gasteiger partial charge in [0.15, 0.2) is 10.4 Å². The van der Waals surface area contributed by atoms with Crippen molar-refractivity contribution in [2.24, 2.45) is 0 Å². The number of nitrogens with zero attached hydrogens (tertiary/aromatic N) is 2. The summed E-state index contributed by atoms with van der Waals surface area (Å²) in [5, 5.41) is 0. The number of fused-ring (bicyclic) bond motifs is 1. The largest absolute Gasteiger partial charge is 0.329 e. The second-order valence-electron chi connectivity index (χ2n) is 5.31. The monoisotopic (exact) mass is 301 g/mol. The van der Waals surface area contributed by atoms with Gasteiger partial charge in [0, 0.05) is 12.2 Å². The zero-order valence-electron chi connectivity index (χ0n) is 11.9. The molecular formula is C16H16FN3S. The Morgan fingerprint density at radius 1 is 1.29 bits per heavy atom. The van der Waals surface area contributed by atoms with Gasteiger partial charge in [-0.1, -0.05) is 12.1 Å². The molecule has 2 heterocycles. The predicted octanol–water partition coefficient (Wildman–Crippen LogP) is 4.35. The van der Waals surface area contributed by atoms with Crippen LogP contribution in [0.2, 0.25) is 0 Å². The van der Waals surface area contributed by atoms with Gasteiger partial charge in [0.05, 0.1) is 5.52 Å². The van der Waals surface area contributed by atoms with Crippen molar-refractivity contribution in [2.45, 2.75) is 26.3 Å². The topological polar surface area (TPSA) is 33.6 Å². The number of hydrogen-bond donors (Lipinski definition) is 1. The van der Waals surface area contributed by atoms with E-state index in [1.54, 1.807) is 6.20 Å². The minimum absolute atomic E-state index is 0.144. The van der Waals surface area contributed by atoms with Crippen molar-refractivity contribution in [3.8, 4) is 0 Å². The molecule has 3 rings (SSSR count). The van der Waals surface area contributed by atoms with E-state index in [9.17, 15) is 4.39 Å². The number of rotatable bonds is 3. The number of aromatic amines is 1. The van der Waals surface area contributed by atoms with E-state index >= 15 is 0 Å². The molecule has 0 saturated carbocycles. The Morgan fingerprint density at radius 3 is 2.71 bits per heavy atom. The molecule has 3 aromatic rings. The van der Waals surface area contributed by atoms with Crippen LogP contribution in [0.25, 0.3) is 11.2 Å². The molecule has 0 aliphatic rings. The molecule has 1 atom stereocenters. The van der Waals surface area contributed by atoms with Crippen LogP contribution in [-0.2, 0) is 6.42 Å². The lowest BCUT2D eigenvalue weighted by Gasteiger charge is -2.14. The highest BCUT2D eigenvalue weighted by molar-refractivity contribution is 7.71. The lowest BCUT2D eigenvalue weighted by Crippen LogP contribution is -2.09. The van der Waals surface area contributed by atoms with Gasteiger partial charge in [-0.2, -0.15) is 0 Å². The quantitative estimate of drug-likeness (QED) is 0.730. The van der Waals surface area contributed by atoms with Crippen molar-refractivity contribution in [3.63, 3.8) is 0 Å². The Hall–Kier alpha value is -2.01. The molecule has 1 N–H and O–H groups in total. The van der Waals surface area contributed by atoms with Crippen LogP contribution < -0.4 is 0 Å². The van der Waals surface area contributed by atoms with Gasteiger partial charge in [-0.15, -0.1) is 0 Å². The third kappa shape index (κ3) is 2.61. The van der Waals surface area contributed by atoms with E-state index in [0.717, 1.165) is 28.7 Å². The first-order chi connectivity index (χ1) is 10.1. The first-order valence-electron chi connectivity index (χ1n) is 6.86. The molecule has 0 bridgehead atoms. The lowest BCUT2D eigenvalue weighted by atomic mass is 10.1. The van der Waals surface area contributed by atoms with E-state index < -0.39 is 0 Å². The van der Waals surface area contributed by atoms with Gasteiger partial charge < -0.3 is 4.98 Å². The fourth-order valence-electron chi connectivity index (χ4n) is 2.61. The maximum atomic E-state index is 13.0. The SMILES string of the molecule is Cc1ccnc2c1[nH]c(=S)n2C(C)Cc1ccc(F)cc1. The van der Waals surface area contributed by atoms with Crippen LogP contribution in [0.3, 0.4) is 0 Å². The Bertz CT molecular complexity index is 833. The number of aryl methyl sites for hydroxylation is 1. The molecule has 21 heavy (non-hydrogen) atoms. The van der Waals surface area contributed by atoms with Crippen molar-refractivity contribution in [1.29, 1.82) is 0 Å². The standard InChI is InChI=1S/C16H16FN3S/c1-10-7-8-18-15-14(10)19-16(21)20(15)11(2)9-12-3-5-13(17)6-4-12/h3-8,11H,9H2,1-2H3,(H,19,21). The third-order valence-corrected chi connectivity index (χ3v) is 4.00. The summed E-state index contributed by atoms with van der Waals surface area (Å²) in [5.74, 6) is -0.215. The highest BCUT2D eigenvalue weighted by atomic mass is 32.1. The van der Waals surface area contributed by atoms with Gasteiger partial charge in [0.25, 0.3) is 0 Å². The van der Waals surface area contributed by atoms with Crippen molar-refractivity contribution in [3.05, 3.63) is 58.2 Å². The van der Waals surface area contributed by atoms with Crippen molar-refractivity contribution < 1.29 is 4.39 Å². The van der Waals surface area contributed by atoms with Crippen LogP contribution in [0.15, 0.2) is 36.5 Å². The molecule has 108 valence electrons. The van der Waals surface area contributed by atoms with Crippen LogP contribution in [0.5, 0.6) is 0 Å². The van der Waals surface area contributed by atoms with E-state index in [4.69, 9.17) is 12.2 Å². The molecule has 2 aromatic heterocycles. The van der Waals surface area contributed by atoms with Gasteiger partial charge in [-0.05, 0) is 61.8 Å². The molecule has 0 amide bonds. The maximum Gasteiger partial charge on any atom is 0.179 e. The first kappa shape index (κ1) is 13.9. The Kier molecular flexibility index (Phi) is 3.59. The van der Waals surface area contributed by atoms with Gasteiger partial charge in [-0.3, -0.25) is 4.57 Å². The zero-order valence-corrected chi connectivity index (χ0v) is 12.7. The molecule has 1 aromatic carbocycles. The van der Waals surface area contributed by atoms with Gasteiger partial charge in [-0.25, -0.2) is 9.37 Å². The van der Waals surface area contributed by atoms with E-state index in [1.807, 2.05) is 29.7 Å². The fourth-order valence-corrected chi connectivity index (χ4v) is 2.97. The fraction of sp³-hybridized carbons (Fsp3) is 0.250. The van der Waals surface area contributed by atoms with Crippen LogP contribution in [-0.4, -0.2) is 14.5 Å². The molecule has 0 spiro atoms. The van der Waals surface area contributed by atoms with E-state index in [2.05, 4.69) is 16.9 Å². The van der Waals surface area contributed by atoms with Crippen LogP contribution in [0.4, 0.5) is 4.39 Å². The zero-order chi connectivity index (χ0) is 15.0. The molecule has 3 nitrogen and oxygen atoms in total. The molecular weight excluding hydrogens is 285 g/mol. The lowest BCUT2D eigenvalue weighted by molar-refractivity contribution is 0.548. The highest BCUT2D eigenvalue weighted by Crippen LogP contribution is 2.22. The number of pyridine rings is 1. The van der Waals surface area contributed by atoms with Crippen LogP contribution in [0, 0.1) is 17.5 Å². The summed E-state index contributed by atoms with van der Waals surface area (Å²) in [7, 11) is 0. The number of benzene rings is 1. The normalized spacial score (nSPS) is 12.7. The average molecular weight is 301 g/mol. The van der Waals surface area contributed by atoms with Crippen molar-refractivity contribution in [1.82, 2.24) is 14.5 Å². The van der Waals surface area contributed by atoms with Crippen molar-refractivity contribution >= 4 is 23.4 Å². The minimum Gasteiger partial charge on any atom is -0.329 e. The summed E-state index contributed by atoms with van der Waals surface area (Å²) in [6.45, 7) is 4.13. The number of nitrogens with one attached hydrogen (secondary N) is 1. The summed E-state index contributed by atoms with van der Waals surface area (Å²) in [4.78, 5) is 7.67. The smallest absolute Gasteiger partial charge is 0.179 e. The van der Waals surface area contributed by atoms with Crippen LogP contribution >= 0.6 is 12.2 Å². The van der Waals surface area contributed by atoms with Gasteiger partial charge in [0.2, 0.25) is 0 Å². The Balaban J connectivity index is 2.00. The summed E-state index contributed by atoms with van der Waals surface area (Å²) < 4.78 is 15.7. The number of halogens is 1. The summed E-state index contributed by atoms with van der Waals surface area (Å²) in [5.41, 5.74) is 4.05. The summed E-state index contributed by atoms with van der Waals surface area (Å²) in [6, 6.07) is 8.69. The van der Waals surface area contributed by atoms with Gasteiger partial charge >= 0.3 is 0 Å². The average Bonchev–Trinajstić information content (AvgIpc) is 2.79. The first-order valence-corrected chi connectivity index (χ1v) is 7.27. The molecule has 5 heteroatoms. The van der Waals surface area contributed by atoms with E-state index in [1.165, 1.54) is 12.1 Å². The minimum atomic E-state index is -0.215. The Labute approximate surface area is 127 Å². The second kappa shape index (κ2) is 5.41. The molecule has 1 unspecified atom stereocenters. The molecule has 0 fully saturated rings. The highest BCUT2D eigenvalue weighted by Gasteiger charge is 2.14. The third-order valence-electron chi connectivity index (χ3n) is 3.70. The number of H-pyrrole nitrogens is 1. The summed E-state index contributed by atoms with van der Waals surface area (Å²) in [6.07, 6.45) is 2.57. The predicted molar refractivity (Wildman–Crippen MR) is 84.5 cm³/mol. The molecule has 0 radical (unpaired) electrons. The van der Waals surface area contributed by atoms with Gasteiger partial charge in [0.1, 0.15) is 5.82 Å². The molecule has 0 aliphatic heterocycles. The second-order valence-corrected chi connectivity index (χ2v) is 5.69. The van der Waals surface area contributed by atoms with Crippen molar-refractivity contribution in [2.75, 3.05) is 0 Å². The van der Waals surface area contributed by atoms with E-state index in [-0.39, 0.29) is 11.9 Å². The number of hydrogen-bond acceptors (Lipinski definition) is 2. The molecule has 0 saturated heterocycles. The van der Waals surface area contributed by atoms with Crippen LogP contribution in [0.1, 0.15) is 24.1 Å². The molecule has 0 aliphatic carbocycles. The maximum absolute atomic E-state index is 13.0. The number of imidazole rings is 1. The Morgan fingerprint density at radius 2 is 2.00 bits per heavy atom.